The van der Waals surface area contributed by atoms with Crippen LogP contribution in [0, 0.1) is 0 Å². The number of benzene rings is 3. The molecule has 4 aromatic rings. The van der Waals surface area contributed by atoms with Crippen molar-refractivity contribution in [3.8, 4) is 0 Å². The zero-order valence-electron chi connectivity index (χ0n) is 18.3. The summed E-state index contributed by atoms with van der Waals surface area (Å²) in [6.07, 6.45) is 3.81. The first-order valence-corrected chi connectivity index (χ1v) is 11.0. The summed E-state index contributed by atoms with van der Waals surface area (Å²) in [5.74, 6) is 0.407. The molecule has 1 aliphatic heterocycles. The minimum atomic E-state index is -0.439. The van der Waals surface area contributed by atoms with Crippen molar-refractivity contribution in [2.45, 2.75) is 25.4 Å². The summed E-state index contributed by atoms with van der Waals surface area (Å²) < 4.78 is 6.10. The van der Waals surface area contributed by atoms with Crippen LogP contribution in [0.25, 0.3) is 17.0 Å². The third-order valence-electron chi connectivity index (χ3n) is 6.02. The van der Waals surface area contributed by atoms with E-state index >= 15 is 0 Å². The SMILES string of the molecule is CC(=O)N1C=Cc2ccccc2C1CC(=O)NC(c1ccccc1)c1cc2ccccc2o1. The van der Waals surface area contributed by atoms with Crippen LogP contribution >= 0.6 is 0 Å². The molecule has 5 nitrogen and oxygen atoms in total. The van der Waals surface area contributed by atoms with E-state index in [0.29, 0.717) is 5.76 Å². The fraction of sp³-hybridized carbons (Fsp3) is 0.143. The van der Waals surface area contributed by atoms with Crippen molar-refractivity contribution in [2.75, 3.05) is 0 Å². The molecular formula is C28H24N2O3. The molecule has 0 fully saturated rings. The quantitative estimate of drug-likeness (QED) is 0.443. The molecule has 0 saturated heterocycles. The lowest BCUT2D eigenvalue weighted by atomic mass is 9.93. The van der Waals surface area contributed by atoms with E-state index in [2.05, 4.69) is 5.32 Å². The fourth-order valence-corrected chi connectivity index (χ4v) is 4.42. The Morgan fingerprint density at radius 3 is 2.48 bits per heavy atom. The van der Waals surface area contributed by atoms with Gasteiger partial charge in [0.25, 0.3) is 0 Å². The summed E-state index contributed by atoms with van der Waals surface area (Å²) in [4.78, 5) is 27.3. The Balaban J connectivity index is 1.45. The van der Waals surface area contributed by atoms with Crippen LogP contribution in [0.15, 0.2) is 95.5 Å². The van der Waals surface area contributed by atoms with Crippen LogP contribution in [0.1, 0.15) is 47.9 Å². The molecule has 0 radical (unpaired) electrons. The molecule has 1 N–H and O–H groups in total. The first-order valence-electron chi connectivity index (χ1n) is 11.0. The Morgan fingerprint density at radius 1 is 0.970 bits per heavy atom. The topological polar surface area (TPSA) is 62.6 Å². The van der Waals surface area contributed by atoms with Gasteiger partial charge < -0.3 is 14.6 Å². The third-order valence-corrected chi connectivity index (χ3v) is 6.02. The van der Waals surface area contributed by atoms with Gasteiger partial charge in [0.1, 0.15) is 17.4 Å². The van der Waals surface area contributed by atoms with Crippen molar-refractivity contribution >= 4 is 28.9 Å². The lowest BCUT2D eigenvalue weighted by Gasteiger charge is -2.32. The van der Waals surface area contributed by atoms with Gasteiger partial charge in [0.15, 0.2) is 0 Å². The Hall–Kier alpha value is -4.12. The van der Waals surface area contributed by atoms with Gasteiger partial charge in [0, 0.05) is 18.5 Å². The van der Waals surface area contributed by atoms with Crippen LogP contribution < -0.4 is 5.32 Å². The summed E-state index contributed by atoms with van der Waals surface area (Å²) in [5, 5.41) is 4.14. The maximum absolute atomic E-state index is 13.3. The highest BCUT2D eigenvalue weighted by molar-refractivity contribution is 5.83. The number of hydrogen-bond acceptors (Lipinski definition) is 3. The largest absolute Gasteiger partial charge is 0.459 e. The maximum Gasteiger partial charge on any atom is 0.223 e. The molecule has 2 heterocycles. The van der Waals surface area contributed by atoms with Gasteiger partial charge in [-0.3, -0.25) is 9.59 Å². The van der Waals surface area contributed by atoms with Gasteiger partial charge in [-0.05, 0) is 34.9 Å². The van der Waals surface area contributed by atoms with Gasteiger partial charge in [0.05, 0.1) is 12.5 Å². The van der Waals surface area contributed by atoms with E-state index < -0.39 is 6.04 Å². The smallest absolute Gasteiger partial charge is 0.223 e. The minimum absolute atomic E-state index is 0.101. The first-order chi connectivity index (χ1) is 16.1. The molecule has 1 aliphatic rings. The van der Waals surface area contributed by atoms with Gasteiger partial charge in [-0.1, -0.05) is 72.8 Å². The van der Waals surface area contributed by atoms with Crippen molar-refractivity contribution in [3.05, 3.63) is 114 Å². The molecule has 0 spiro atoms. The van der Waals surface area contributed by atoms with E-state index in [1.165, 1.54) is 6.92 Å². The summed E-state index contributed by atoms with van der Waals surface area (Å²) in [5.41, 5.74) is 3.68. The lowest BCUT2D eigenvalue weighted by Crippen LogP contribution is -2.36. The highest BCUT2D eigenvalue weighted by Gasteiger charge is 2.30. The number of para-hydroxylation sites is 1. The predicted octanol–water partition coefficient (Wildman–Crippen LogP) is 5.60. The van der Waals surface area contributed by atoms with E-state index in [9.17, 15) is 9.59 Å². The second-order valence-electron chi connectivity index (χ2n) is 8.19. The van der Waals surface area contributed by atoms with Gasteiger partial charge in [0.2, 0.25) is 11.8 Å². The van der Waals surface area contributed by atoms with Gasteiger partial charge >= 0.3 is 0 Å². The van der Waals surface area contributed by atoms with Crippen LogP contribution in [0.3, 0.4) is 0 Å². The Kier molecular flexibility index (Phi) is 5.53. The molecule has 33 heavy (non-hydrogen) atoms. The van der Waals surface area contributed by atoms with Crippen LogP contribution in [0.5, 0.6) is 0 Å². The normalized spacial score (nSPS) is 15.8. The van der Waals surface area contributed by atoms with Gasteiger partial charge in [-0.2, -0.15) is 0 Å². The molecule has 164 valence electrons. The zero-order chi connectivity index (χ0) is 22.8. The number of nitrogens with zero attached hydrogens (tertiary/aromatic N) is 1. The second kappa shape index (κ2) is 8.79. The van der Waals surface area contributed by atoms with E-state index in [4.69, 9.17) is 4.42 Å². The zero-order valence-corrected chi connectivity index (χ0v) is 18.3. The first kappa shape index (κ1) is 20.8. The van der Waals surface area contributed by atoms with Crippen molar-refractivity contribution in [3.63, 3.8) is 0 Å². The lowest BCUT2D eigenvalue weighted by molar-refractivity contribution is -0.130. The number of hydrogen-bond donors (Lipinski definition) is 1. The van der Waals surface area contributed by atoms with E-state index in [1.807, 2.05) is 91.0 Å². The molecule has 2 atom stereocenters. The van der Waals surface area contributed by atoms with Crippen LogP contribution in [0.2, 0.25) is 0 Å². The number of nitrogens with one attached hydrogen (secondary N) is 1. The number of fused-ring (bicyclic) bond motifs is 2. The molecule has 5 heteroatoms. The number of carbonyl (C=O) groups excluding carboxylic acids is 2. The Morgan fingerprint density at radius 2 is 1.70 bits per heavy atom. The molecule has 3 aromatic carbocycles. The highest BCUT2D eigenvalue weighted by Crippen LogP contribution is 2.34. The molecule has 1 aromatic heterocycles. The number of furan rings is 1. The van der Waals surface area contributed by atoms with Crippen molar-refractivity contribution in [1.82, 2.24) is 10.2 Å². The average Bonchev–Trinajstić information content (AvgIpc) is 3.27. The monoisotopic (exact) mass is 436 g/mol. The van der Waals surface area contributed by atoms with Gasteiger partial charge in [-0.15, -0.1) is 0 Å². The minimum Gasteiger partial charge on any atom is -0.459 e. The summed E-state index contributed by atoms with van der Waals surface area (Å²) in [7, 11) is 0. The van der Waals surface area contributed by atoms with Crippen LogP contribution in [0.4, 0.5) is 0 Å². The summed E-state index contributed by atoms with van der Waals surface area (Å²) in [6, 6.07) is 26.6. The Bertz CT molecular complexity index is 1310. The van der Waals surface area contributed by atoms with Crippen LogP contribution in [-0.4, -0.2) is 16.7 Å². The van der Waals surface area contributed by atoms with E-state index in [0.717, 1.165) is 27.7 Å². The highest BCUT2D eigenvalue weighted by atomic mass is 16.3. The number of rotatable bonds is 5. The fourth-order valence-electron chi connectivity index (χ4n) is 4.42. The summed E-state index contributed by atoms with van der Waals surface area (Å²) >= 11 is 0. The van der Waals surface area contributed by atoms with Crippen molar-refractivity contribution in [1.29, 1.82) is 0 Å². The maximum atomic E-state index is 13.3. The van der Waals surface area contributed by atoms with E-state index in [-0.39, 0.29) is 24.3 Å². The predicted molar refractivity (Wildman–Crippen MR) is 128 cm³/mol. The average molecular weight is 437 g/mol. The molecule has 0 bridgehead atoms. The summed E-state index contributed by atoms with van der Waals surface area (Å²) in [6.45, 7) is 1.52. The number of amides is 2. The Labute approximate surface area is 192 Å². The molecule has 2 unspecified atom stereocenters. The molecule has 0 aliphatic carbocycles. The van der Waals surface area contributed by atoms with Crippen molar-refractivity contribution < 1.29 is 14.0 Å². The van der Waals surface area contributed by atoms with Crippen molar-refractivity contribution in [2.24, 2.45) is 0 Å². The third kappa shape index (κ3) is 4.17. The van der Waals surface area contributed by atoms with Crippen LogP contribution in [-0.2, 0) is 9.59 Å². The molecule has 0 saturated carbocycles. The van der Waals surface area contributed by atoms with E-state index in [1.54, 1.807) is 11.1 Å². The second-order valence-corrected chi connectivity index (χ2v) is 8.19. The molecular weight excluding hydrogens is 412 g/mol. The van der Waals surface area contributed by atoms with Gasteiger partial charge in [-0.25, -0.2) is 0 Å². The number of carbonyl (C=O) groups is 2. The standard InChI is InChI=1S/C28H24N2O3/c1-19(31)30-16-15-20-9-5-7-13-23(20)24(30)18-27(32)29-28(21-10-3-2-4-11-21)26-17-22-12-6-8-14-25(22)33-26/h2-17,24,28H,18H2,1H3,(H,29,32). The molecule has 2 amide bonds. The molecule has 5 rings (SSSR count).